The number of hydrogen-bond donors (Lipinski definition) is 1. The number of halogens is 1. The number of nitrogens with zero attached hydrogens (tertiary/aromatic N) is 2. The highest BCUT2D eigenvalue weighted by molar-refractivity contribution is 5.98. The maximum absolute atomic E-state index is 13.0. The smallest absolute Gasteiger partial charge is 0.253 e. The van der Waals surface area contributed by atoms with Crippen LogP contribution in [0.1, 0.15) is 10.4 Å². The minimum Gasteiger partial charge on any atom is -0.368 e. The van der Waals surface area contributed by atoms with E-state index in [1.807, 2.05) is 35.4 Å². The summed E-state index contributed by atoms with van der Waals surface area (Å²) in [5.41, 5.74) is 2.75. The van der Waals surface area contributed by atoms with Crippen molar-refractivity contribution in [1.29, 1.82) is 0 Å². The molecule has 1 N–H and O–H groups in total. The molecule has 4 rings (SSSR count). The van der Waals surface area contributed by atoms with E-state index in [2.05, 4.69) is 9.88 Å². The highest BCUT2D eigenvalue weighted by Gasteiger charge is 2.22. The van der Waals surface area contributed by atoms with Gasteiger partial charge in [-0.1, -0.05) is 0 Å². The number of piperazine rings is 1. The molecule has 5 heteroatoms. The van der Waals surface area contributed by atoms with E-state index in [1.54, 1.807) is 12.1 Å². The van der Waals surface area contributed by atoms with Crippen LogP contribution >= 0.6 is 0 Å². The number of rotatable bonds is 2. The Kier molecular flexibility index (Phi) is 3.69. The van der Waals surface area contributed by atoms with Crippen molar-refractivity contribution in [2.45, 2.75) is 0 Å². The molecule has 1 aromatic heterocycles. The summed E-state index contributed by atoms with van der Waals surface area (Å²) < 4.78 is 13.0. The average Bonchev–Trinajstić information content (AvgIpc) is 3.09. The van der Waals surface area contributed by atoms with Crippen LogP contribution in [0.2, 0.25) is 0 Å². The van der Waals surface area contributed by atoms with Crippen molar-refractivity contribution < 1.29 is 9.18 Å². The molecule has 0 spiro atoms. The zero-order valence-corrected chi connectivity index (χ0v) is 13.2. The van der Waals surface area contributed by atoms with Gasteiger partial charge in [0, 0.05) is 54.5 Å². The van der Waals surface area contributed by atoms with E-state index in [4.69, 9.17) is 0 Å². The lowest BCUT2D eigenvalue weighted by atomic mass is 10.1. The van der Waals surface area contributed by atoms with Gasteiger partial charge in [-0.2, -0.15) is 0 Å². The van der Waals surface area contributed by atoms with Crippen LogP contribution in [-0.2, 0) is 0 Å². The Hall–Kier alpha value is -2.82. The molecular weight excluding hydrogens is 305 g/mol. The van der Waals surface area contributed by atoms with Gasteiger partial charge in [-0.3, -0.25) is 4.79 Å². The number of fused-ring (bicyclic) bond motifs is 1. The van der Waals surface area contributed by atoms with Gasteiger partial charge in [0.15, 0.2) is 0 Å². The standard InChI is InChI=1S/C19H18FN3O/c20-16-2-4-17(5-3-16)22-9-11-23(12-10-22)19(24)15-1-6-18-14(13-15)7-8-21-18/h1-8,13,21H,9-12H2. The second-order valence-corrected chi connectivity index (χ2v) is 6.04. The third kappa shape index (κ3) is 2.73. The van der Waals surface area contributed by atoms with Crippen molar-refractivity contribution in [2.24, 2.45) is 0 Å². The van der Waals surface area contributed by atoms with Crippen LogP contribution < -0.4 is 4.90 Å². The molecule has 24 heavy (non-hydrogen) atoms. The van der Waals surface area contributed by atoms with Crippen LogP contribution in [0.15, 0.2) is 54.7 Å². The molecule has 1 aliphatic rings. The van der Waals surface area contributed by atoms with Gasteiger partial charge < -0.3 is 14.8 Å². The lowest BCUT2D eigenvalue weighted by molar-refractivity contribution is 0.0747. The molecule has 1 fully saturated rings. The van der Waals surface area contributed by atoms with Gasteiger partial charge in [-0.15, -0.1) is 0 Å². The third-order valence-electron chi connectivity index (χ3n) is 4.56. The van der Waals surface area contributed by atoms with E-state index in [0.29, 0.717) is 13.1 Å². The molecule has 0 atom stereocenters. The SMILES string of the molecule is O=C(c1ccc2[nH]ccc2c1)N1CCN(c2ccc(F)cc2)CC1. The Morgan fingerprint density at radius 2 is 1.71 bits per heavy atom. The first-order valence-electron chi connectivity index (χ1n) is 8.08. The predicted octanol–water partition coefficient (Wildman–Crippen LogP) is 3.27. The zero-order chi connectivity index (χ0) is 16.5. The molecule has 2 heterocycles. The first-order chi connectivity index (χ1) is 11.7. The first-order valence-corrected chi connectivity index (χ1v) is 8.08. The Bertz CT molecular complexity index is 864. The van der Waals surface area contributed by atoms with Crippen LogP contribution in [-0.4, -0.2) is 42.0 Å². The van der Waals surface area contributed by atoms with E-state index < -0.39 is 0 Å². The van der Waals surface area contributed by atoms with Gasteiger partial charge in [0.2, 0.25) is 0 Å². The molecule has 4 nitrogen and oxygen atoms in total. The van der Waals surface area contributed by atoms with Crippen molar-refractivity contribution in [1.82, 2.24) is 9.88 Å². The van der Waals surface area contributed by atoms with Crippen molar-refractivity contribution in [3.8, 4) is 0 Å². The molecule has 0 saturated carbocycles. The number of H-pyrrole nitrogens is 1. The number of anilines is 1. The van der Waals surface area contributed by atoms with Gasteiger partial charge >= 0.3 is 0 Å². The van der Waals surface area contributed by atoms with Crippen LogP contribution in [0.5, 0.6) is 0 Å². The molecular formula is C19H18FN3O. The summed E-state index contributed by atoms with van der Waals surface area (Å²) in [4.78, 5) is 19.9. The highest BCUT2D eigenvalue weighted by Crippen LogP contribution is 2.19. The molecule has 0 aliphatic carbocycles. The Morgan fingerprint density at radius 3 is 2.46 bits per heavy atom. The fraction of sp³-hybridized carbons (Fsp3) is 0.211. The summed E-state index contributed by atoms with van der Waals surface area (Å²) >= 11 is 0. The second kappa shape index (κ2) is 6.00. The van der Waals surface area contributed by atoms with Crippen molar-refractivity contribution in [3.63, 3.8) is 0 Å². The third-order valence-corrected chi connectivity index (χ3v) is 4.56. The summed E-state index contributed by atoms with van der Waals surface area (Å²) in [6, 6.07) is 14.2. The molecule has 1 aliphatic heterocycles. The fourth-order valence-corrected chi connectivity index (χ4v) is 3.19. The lowest BCUT2D eigenvalue weighted by Gasteiger charge is -2.36. The fourth-order valence-electron chi connectivity index (χ4n) is 3.19. The maximum Gasteiger partial charge on any atom is 0.253 e. The Balaban J connectivity index is 1.44. The number of carbonyl (C=O) groups excluding carboxylic acids is 1. The topological polar surface area (TPSA) is 39.3 Å². The number of nitrogens with one attached hydrogen (secondary N) is 1. The maximum atomic E-state index is 13.0. The first kappa shape index (κ1) is 14.8. The van der Waals surface area contributed by atoms with Gasteiger partial charge in [0.1, 0.15) is 5.82 Å². The van der Waals surface area contributed by atoms with Crippen LogP contribution in [0.4, 0.5) is 10.1 Å². The largest absolute Gasteiger partial charge is 0.368 e. The van der Waals surface area contributed by atoms with E-state index in [-0.39, 0.29) is 11.7 Å². The lowest BCUT2D eigenvalue weighted by Crippen LogP contribution is -2.48. The number of carbonyl (C=O) groups is 1. The van der Waals surface area contributed by atoms with Crippen LogP contribution in [0, 0.1) is 5.82 Å². The molecule has 1 amide bonds. The average molecular weight is 323 g/mol. The predicted molar refractivity (Wildman–Crippen MR) is 92.8 cm³/mol. The summed E-state index contributed by atoms with van der Waals surface area (Å²) in [6.07, 6.45) is 1.88. The van der Waals surface area contributed by atoms with E-state index in [1.165, 1.54) is 12.1 Å². The van der Waals surface area contributed by atoms with Gasteiger partial charge in [-0.25, -0.2) is 4.39 Å². The zero-order valence-electron chi connectivity index (χ0n) is 13.2. The van der Waals surface area contributed by atoms with E-state index >= 15 is 0 Å². The number of aromatic nitrogens is 1. The van der Waals surface area contributed by atoms with Gasteiger partial charge in [0.05, 0.1) is 0 Å². The van der Waals surface area contributed by atoms with Crippen LogP contribution in [0.25, 0.3) is 10.9 Å². The molecule has 2 aromatic carbocycles. The molecule has 0 radical (unpaired) electrons. The second-order valence-electron chi connectivity index (χ2n) is 6.04. The minimum absolute atomic E-state index is 0.0665. The summed E-state index contributed by atoms with van der Waals surface area (Å²) in [7, 11) is 0. The minimum atomic E-state index is -0.229. The Morgan fingerprint density at radius 1 is 0.958 bits per heavy atom. The van der Waals surface area contributed by atoms with E-state index in [9.17, 15) is 9.18 Å². The summed E-state index contributed by atoms with van der Waals surface area (Å²) in [5, 5.41) is 1.05. The monoisotopic (exact) mass is 323 g/mol. The number of hydrogen-bond acceptors (Lipinski definition) is 2. The molecule has 122 valence electrons. The van der Waals surface area contributed by atoms with Crippen molar-refractivity contribution >= 4 is 22.5 Å². The normalized spacial score (nSPS) is 15.0. The van der Waals surface area contributed by atoms with Gasteiger partial charge in [0.25, 0.3) is 5.91 Å². The number of aromatic amines is 1. The molecule has 0 unspecified atom stereocenters. The number of benzene rings is 2. The molecule has 1 saturated heterocycles. The van der Waals surface area contributed by atoms with E-state index in [0.717, 1.165) is 35.2 Å². The molecule has 0 bridgehead atoms. The quantitative estimate of drug-likeness (QED) is 0.786. The summed E-state index contributed by atoms with van der Waals surface area (Å²) in [6.45, 7) is 2.84. The van der Waals surface area contributed by atoms with Crippen molar-refractivity contribution in [3.05, 3.63) is 66.1 Å². The highest BCUT2D eigenvalue weighted by atomic mass is 19.1. The van der Waals surface area contributed by atoms with Gasteiger partial charge in [-0.05, 0) is 48.5 Å². The van der Waals surface area contributed by atoms with Crippen LogP contribution in [0.3, 0.4) is 0 Å². The molecule has 3 aromatic rings. The Labute approximate surface area is 139 Å². The summed E-state index contributed by atoms with van der Waals surface area (Å²) in [5.74, 6) is -0.162. The van der Waals surface area contributed by atoms with Crippen molar-refractivity contribution in [2.75, 3.05) is 31.1 Å². The number of amides is 1.